The van der Waals surface area contributed by atoms with Gasteiger partial charge in [-0.05, 0) is 38.2 Å². The first-order chi connectivity index (χ1) is 14.9. The molecule has 0 aromatic carbocycles. The van der Waals surface area contributed by atoms with E-state index in [1.807, 2.05) is 6.92 Å². The third kappa shape index (κ3) is 3.48. The van der Waals surface area contributed by atoms with Gasteiger partial charge in [0, 0.05) is 42.2 Å². The second kappa shape index (κ2) is 7.49. The van der Waals surface area contributed by atoms with E-state index in [9.17, 15) is 4.79 Å². The van der Waals surface area contributed by atoms with E-state index >= 15 is 4.39 Å². The number of nitrogens with zero attached hydrogens (tertiary/aromatic N) is 5. The molecule has 8 nitrogen and oxygen atoms in total. The van der Waals surface area contributed by atoms with E-state index in [0.717, 1.165) is 19.3 Å². The van der Waals surface area contributed by atoms with Crippen LogP contribution in [0, 0.1) is 5.92 Å². The number of piperidine rings is 2. The van der Waals surface area contributed by atoms with E-state index in [-0.39, 0.29) is 17.2 Å². The van der Waals surface area contributed by atoms with Crippen LogP contribution < -0.4 is 10.7 Å². The number of allylic oxidation sites excluding steroid dienone is 1. The summed E-state index contributed by atoms with van der Waals surface area (Å²) < 4.78 is 17.0. The molecule has 2 aliphatic rings. The van der Waals surface area contributed by atoms with E-state index in [1.54, 1.807) is 29.5 Å². The molecule has 5 rings (SSSR count). The Morgan fingerprint density at radius 2 is 2.26 bits per heavy atom. The van der Waals surface area contributed by atoms with Crippen molar-refractivity contribution in [2.24, 2.45) is 5.92 Å². The largest absolute Gasteiger partial charge is 0.347 e. The number of hydrogen-bond donors (Lipinski definition) is 2. The van der Waals surface area contributed by atoms with Crippen molar-refractivity contribution in [3.8, 4) is 17.2 Å². The summed E-state index contributed by atoms with van der Waals surface area (Å²) >= 11 is 0. The second-order valence-electron chi connectivity index (χ2n) is 8.65. The fraction of sp³-hybridized carbons (Fsp3) is 0.409. The predicted octanol–water partition coefficient (Wildman–Crippen LogP) is 2.68. The van der Waals surface area contributed by atoms with Crippen LogP contribution in [0.5, 0.6) is 0 Å². The summed E-state index contributed by atoms with van der Waals surface area (Å²) in [4.78, 5) is 23.9. The van der Waals surface area contributed by atoms with E-state index < -0.39 is 11.7 Å². The van der Waals surface area contributed by atoms with Gasteiger partial charge in [0.05, 0.1) is 11.8 Å². The van der Waals surface area contributed by atoms with Gasteiger partial charge in [-0.25, -0.2) is 14.4 Å². The molecule has 1 unspecified atom stereocenters. The zero-order chi connectivity index (χ0) is 21.6. The van der Waals surface area contributed by atoms with Crippen LogP contribution in [0.4, 0.5) is 4.39 Å². The number of fused-ring (bicyclic) bond motifs is 2. The lowest BCUT2D eigenvalue weighted by Gasteiger charge is -2.50. The second-order valence-corrected chi connectivity index (χ2v) is 8.65. The van der Waals surface area contributed by atoms with Crippen LogP contribution in [0.1, 0.15) is 38.3 Å². The Hall–Kier alpha value is -3.20. The van der Waals surface area contributed by atoms with Gasteiger partial charge in [-0.2, -0.15) is 0 Å². The fourth-order valence-corrected chi connectivity index (χ4v) is 4.83. The van der Waals surface area contributed by atoms with Gasteiger partial charge in [-0.3, -0.25) is 9.36 Å². The minimum atomic E-state index is -1.04. The molecule has 2 fully saturated rings. The molecular weight excluding hydrogens is 397 g/mol. The number of aromatic amines is 1. The molecule has 31 heavy (non-hydrogen) atoms. The summed E-state index contributed by atoms with van der Waals surface area (Å²) in [7, 11) is 0. The molecule has 0 aliphatic carbocycles. The Kier molecular flexibility index (Phi) is 4.77. The van der Waals surface area contributed by atoms with E-state index in [0.29, 0.717) is 35.1 Å². The number of rotatable bonds is 4. The summed E-state index contributed by atoms with van der Waals surface area (Å²) in [5, 5.41) is 11.8. The molecule has 2 bridgehead atoms. The van der Waals surface area contributed by atoms with Gasteiger partial charge < -0.3 is 10.3 Å². The summed E-state index contributed by atoms with van der Waals surface area (Å²) in [5.41, 5.74) is 0.619. The van der Waals surface area contributed by atoms with Crippen molar-refractivity contribution >= 4 is 5.57 Å². The Bertz CT molecular complexity index is 1160. The van der Waals surface area contributed by atoms with Crippen LogP contribution in [0.15, 0.2) is 48.6 Å². The van der Waals surface area contributed by atoms with Crippen LogP contribution in [0.3, 0.4) is 0 Å². The van der Waals surface area contributed by atoms with Gasteiger partial charge in [0.15, 0.2) is 11.3 Å². The van der Waals surface area contributed by atoms with E-state index in [1.165, 1.54) is 12.3 Å². The number of H-pyrrole nitrogens is 1. The maximum absolute atomic E-state index is 15.3. The van der Waals surface area contributed by atoms with Crippen molar-refractivity contribution in [2.45, 2.75) is 50.4 Å². The van der Waals surface area contributed by atoms with Gasteiger partial charge >= 0.3 is 0 Å². The Labute approximate surface area is 178 Å². The molecule has 2 N–H and O–H groups in total. The minimum Gasteiger partial charge on any atom is -0.347 e. The summed E-state index contributed by atoms with van der Waals surface area (Å²) in [5.74, 6) is 0.473. The number of nitrogens with one attached hydrogen (secondary N) is 2. The quantitative estimate of drug-likeness (QED) is 0.672. The third-order valence-corrected chi connectivity index (χ3v) is 6.54. The van der Waals surface area contributed by atoms with Crippen molar-refractivity contribution in [2.75, 3.05) is 0 Å². The highest BCUT2D eigenvalue weighted by molar-refractivity contribution is 5.63. The molecule has 3 aromatic heterocycles. The van der Waals surface area contributed by atoms with Gasteiger partial charge in [0.25, 0.3) is 0 Å². The normalized spacial score (nSPS) is 27.7. The number of aromatic nitrogens is 6. The number of halogens is 1. The zero-order valence-corrected chi connectivity index (χ0v) is 17.3. The molecule has 0 saturated carbocycles. The van der Waals surface area contributed by atoms with E-state index in [4.69, 9.17) is 0 Å². The van der Waals surface area contributed by atoms with Crippen LogP contribution in [0.2, 0.25) is 0 Å². The first-order valence-corrected chi connectivity index (χ1v) is 10.5. The lowest BCUT2D eigenvalue weighted by molar-refractivity contribution is 0.0324. The Morgan fingerprint density at radius 1 is 1.39 bits per heavy atom. The van der Waals surface area contributed by atoms with Crippen molar-refractivity contribution in [1.82, 2.24) is 35.0 Å². The molecule has 5 heterocycles. The molecule has 0 radical (unpaired) electrons. The van der Waals surface area contributed by atoms with Crippen molar-refractivity contribution in [3.63, 3.8) is 0 Å². The first kappa shape index (κ1) is 19.7. The molecule has 2 saturated heterocycles. The van der Waals surface area contributed by atoms with Crippen LogP contribution in [-0.2, 0) is 0 Å². The van der Waals surface area contributed by atoms with Crippen LogP contribution in [-0.4, -0.2) is 47.5 Å². The monoisotopic (exact) mass is 421 g/mol. The van der Waals surface area contributed by atoms with Crippen molar-refractivity contribution < 1.29 is 4.39 Å². The molecule has 2 aliphatic heterocycles. The third-order valence-electron chi connectivity index (χ3n) is 6.54. The number of hydrogen-bond acceptors (Lipinski definition) is 6. The lowest BCUT2D eigenvalue weighted by Crippen LogP contribution is -2.63. The smallest absolute Gasteiger partial charge is 0.194 e. The molecule has 0 spiro atoms. The standard InChI is InChI=1S/C22H24FN7O/c1-13(15-8-14-4-3-5-22(2,27-14)20(15)23)17-11-26-21(29-28-17)16-10-25-19(9-18(16)31)30-7-6-24-12-30/h6-7,9-12,14-15,20,27H,1,3-5,8H2,2H3,(H,25,31)/t14?,15-,20-,22-/m0/s1. The summed E-state index contributed by atoms with van der Waals surface area (Å²) in [6.07, 6.45) is 10.6. The van der Waals surface area contributed by atoms with Gasteiger partial charge in [-0.1, -0.05) is 6.58 Å². The highest BCUT2D eigenvalue weighted by Gasteiger charge is 2.48. The lowest BCUT2D eigenvalue weighted by atomic mass is 9.69. The summed E-state index contributed by atoms with van der Waals surface area (Å²) in [6, 6.07) is 1.75. The van der Waals surface area contributed by atoms with Crippen LogP contribution in [0.25, 0.3) is 22.8 Å². The average molecular weight is 421 g/mol. The number of imidazole rings is 1. The summed E-state index contributed by atoms with van der Waals surface area (Å²) in [6.45, 7) is 6.08. The number of alkyl halides is 1. The van der Waals surface area contributed by atoms with Crippen molar-refractivity contribution in [3.05, 3.63) is 59.7 Å². The SMILES string of the molecule is C=C(c1cnc(-c2c[nH]c(-n3ccnc3)cc2=O)nn1)[C@@H]1CC2CCC[C@](C)(N2)[C@H]1F. The van der Waals surface area contributed by atoms with Crippen molar-refractivity contribution in [1.29, 1.82) is 0 Å². The number of pyridine rings is 1. The van der Waals surface area contributed by atoms with Gasteiger partial charge in [0.2, 0.25) is 0 Å². The fourth-order valence-electron chi connectivity index (χ4n) is 4.83. The highest BCUT2D eigenvalue weighted by Crippen LogP contribution is 2.43. The first-order valence-electron chi connectivity index (χ1n) is 10.5. The molecule has 9 heteroatoms. The predicted molar refractivity (Wildman–Crippen MR) is 114 cm³/mol. The molecule has 0 amide bonds. The molecule has 160 valence electrons. The van der Waals surface area contributed by atoms with E-state index in [2.05, 4.69) is 37.0 Å². The zero-order valence-electron chi connectivity index (χ0n) is 17.3. The topological polar surface area (TPSA) is 101 Å². The average Bonchev–Trinajstić information content (AvgIpc) is 3.31. The maximum atomic E-state index is 15.3. The van der Waals surface area contributed by atoms with Crippen LogP contribution >= 0.6 is 0 Å². The van der Waals surface area contributed by atoms with Gasteiger partial charge in [0.1, 0.15) is 24.0 Å². The molecule has 3 aromatic rings. The molecular formula is C22H24FN7O. The highest BCUT2D eigenvalue weighted by atomic mass is 19.1. The maximum Gasteiger partial charge on any atom is 0.194 e. The van der Waals surface area contributed by atoms with Gasteiger partial charge in [-0.15, -0.1) is 10.2 Å². The Morgan fingerprint density at radius 3 is 2.97 bits per heavy atom. The Balaban J connectivity index is 1.38. The molecule has 4 atom stereocenters. The minimum absolute atomic E-state index is 0.209.